The Kier molecular flexibility index (Phi) is 5.16. The van der Waals surface area contributed by atoms with Gasteiger partial charge in [-0.2, -0.15) is 0 Å². The van der Waals surface area contributed by atoms with Crippen LogP contribution in [-0.2, 0) is 4.79 Å². The first-order valence-corrected chi connectivity index (χ1v) is 6.98. The highest BCUT2D eigenvalue weighted by Gasteiger charge is 2.14. The van der Waals surface area contributed by atoms with E-state index in [-0.39, 0.29) is 10.9 Å². The van der Waals surface area contributed by atoms with E-state index in [1.54, 1.807) is 6.07 Å². The smallest absolute Gasteiger partial charge is 0.224 e. The molecule has 0 saturated carbocycles. The zero-order chi connectivity index (χ0) is 13.7. The normalized spacial score (nSPS) is 19.2. The highest BCUT2D eigenvalue weighted by molar-refractivity contribution is 6.30. The van der Waals surface area contributed by atoms with Crippen LogP contribution in [0.3, 0.4) is 0 Å². The molecule has 1 heterocycles. The molecule has 0 bridgehead atoms. The van der Waals surface area contributed by atoms with Gasteiger partial charge in [0.1, 0.15) is 5.82 Å². The lowest BCUT2D eigenvalue weighted by Gasteiger charge is -2.22. The first kappa shape index (κ1) is 14.3. The summed E-state index contributed by atoms with van der Waals surface area (Å²) in [6, 6.07) is 4.28. The minimum Gasteiger partial charge on any atom is -0.326 e. The van der Waals surface area contributed by atoms with Crippen LogP contribution in [0.2, 0.25) is 5.02 Å². The van der Waals surface area contributed by atoms with Crippen molar-refractivity contribution in [2.24, 2.45) is 5.92 Å². The van der Waals surface area contributed by atoms with Crippen molar-refractivity contribution in [3.8, 4) is 0 Å². The maximum absolute atomic E-state index is 13.2. The molecule has 1 fully saturated rings. The summed E-state index contributed by atoms with van der Waals surface area (Å²) in [5, 5.41) is 6.08. The fourth-order valence-corrected chi connectivity index (χ4v) is 2.42. The van der Waals surface area contributed by atoms with Crippen molar-refractivity contribution in [3.05, 3.63) is 29.0 Å². The number of halogens is 2. The molecule has 0 aromatic heterocycles. The van der Waals surface area contributed by atoms with E-state index in [1.807, 2.05) is 0 Å². The predicted molar refractivity (Wildman–Crippen MR) is 74.9 cm³/mol. The summed E-state index contributed by atoms with van der Waals surface area (Å²) in [6.07, 6.45) is 3.69. The Bertz CT molecular complexity index is 447. The molecule has 1 amide bonds. The third kappa shape index (κ3) is 4.48. The Morgan fingerprint density at radius 2 is 2.37 bits per heavy atom. The third-order valence-electron chi connectivity index (χ3n) is 3.38. The van der Waals surface area contributed by atoms with Crippen LogP contribution in [0.5, 0.6) is 0 Å². The monoisotopic (exact) mass is 284 g/mol. The fraction of sp³-hybridized carbons (Fsp3) is 0.500. The van der Waals surface area contributed by atoms with Gasteiger partial charge in [0.2, 0.25) is 5.91 Å². The molecule has 0 aliphatic carbocycles. The predicted octanol–water partition coefficient (Wildman–Crippen LogP) is 3.20. The summed E-state index contributed by atoms with van der Waals surface area (Å²) in [5.74, 6) is -0.0234. The molecule has 1 aromatic rings. The van der Waals surface area contributed by atoms with Crippen molar-refractivity contribution in [2.45, 2.75) is 25.7 Å². The van der Waals surface area contributed by atoms with Crippen molar-refractivity contribution in [2.75, 3.05) is 18.4 Å². The van der Waals surface area contributed by atoms with Gasteiger partial charge in [-0.15, -0.1) is 0 Å². The fourth-order valence-electron chi connectivity index (χ4n) is 2.30. The van der Waals surface area contributed by atoms with Crippen molar-refractivity contribution in [1.29, 1.82) is 0 Å². The number of nitrogens with one attached hydrogen (secondary N) is 2. The van der Waals surface area contributed by atoms with Crippen LogP contribution < -0.4 is 10.6 Å². The standard InChI is InChI=1S/C14H18ClFN2O/c15-12-5-4-11(8-13(12)16)18-14(19)6-3-10-2-1-7-17-9-10/h4-5,8,10,17H,1-3,6-7,9H2,(H,18,19). The van der Waals surface area contributed by atoms with Gasteiger partial charge in [0.15, 0.2) is 0 Å². The summed E-state index contributed by atoms with van der Waals surface area (Å²) < 4.78 is 13.2. The summed E-state index contributed by atoms with van der Waals surface area (Å²) in [6.45, 7) is 2.07. The number of carbonyl (C=O) groups excluding carboxylic acids is 1. The molecule has 1 aliphatic rings. The van der Waals surface area contributed by atoms with E-state index in [4.69, 9.17) is 11.6 Å². The van der Waals surface area contributed by atoms with E-state index in [0.29, 0.717) is 18.0 Å². The van der Waals surface area contributed by atoms with Crippen LogP contribution in [0.25, 0.3) is 0 Å². The minimum absolute atomic E-state index is 0.0614. The van der Waals surface area contributed by atoms with Gasteiger partial charge >= 0.3 is 0 Å². The maximum atomic E-state index is 13.2. The van der Waals surface area contributed by atoms with Crippen LogP contribution in [0.4, 0.5) is 10.1 Å². The second-order valence-electron chi connectivity index (χ2n) is 4.93. The number of hydrogen-bond acceptors (Lipinski definition) is 2. The van der Waals surface area contributed by atoms with E-state index in [2.05, 4.69) is 10.6 Å². The van der Waals surface area contributed by atoms with Gasteiger partial charge in [0.25, 0.3) is 0 Å². The molecule has 19 heavy (non-hydrogen) atoms. The van der Waals surface area contributed by atoms with Gasteiger partial charge in [0.05, 0.1) is 5.02 Å². The molecule has 2 N–H and O–H groups in total. The largest absolute Gasteiger partial charge is 0.326 e. The molecule has 104 valence electrons. The zero-order valence-electron chi connectivity index (χ0n) is 10.7. The summed E-state index contributed by atoms with van der Waals surface area (Å²) >= 11 is 5.59. The van der Waals surface area contributed by atoms with Crippen molar-refractivity contribution in [1.82, 2.24) is 5.32 Å². The lowest BCUT2D eigenvalue weighted by atomic mass is 9.94. The molecule has 3 nitrogen and oxygen atoms in total. The Balaban J connectivity index is 1.78. The van der Waals surface area contributed by atoms with E-state index in [9.17, 15) is 9.18 Å². The second-order valence-corrected chi connectivity index (χ2v) is 5.34. The van der Waals surface area contributed by atoms with E-state index in [0.717, 1.165) is 19.5 Å². The summed E-state index contributed by atoms with van der Waals surface area (Å²) in [4.78, 5) is 11.8. The first-order chi connectivity index (χ1) is 9.15. The number of anilines is 1. The molecule has 5 heteroatoms. The Labute approximate surface area is 117 Å². The van der Waals surface area contributed by atoms with E-state index >= 15 is 0 Å². The van der Waals surface area contributed by atoms with Crippen LogP contribution >= 0.6 is 11.6 Å². The molecule has 0 radical (unpaired) electrons. The molecule has 1 aromatic carbocycles. The molecular weight excluding hydrogens is 267 g/mol. The number of hydrogen-bond donors (Lipinski definition) is 2. The average molecular weight is 285 g/mol. The number of rotatable bonds is 4. The lowest BCUT2D eigenvalue weighted by Crippen LogP contribution is -2.30. The van der Waals surface area contributed by atoms with Crippen LogP contribution in [0.15, 0.2) is 18.2 Å². The summed E-state index contributed by atoms with van der Waals surface area (Å²) in [7, 11) is 0. The Morgan fingerprint density at radius 3 is 3.05 bits per heavy atom. The molecule has 1 unspecified atom stereocenters. The summed E-state index contributed by atoms with van der Waals surface area (Å²) in [5.41, 5.74) is 0.452. The molecule has 1 saturated heterocycles. The molecular formula is C14H18ClFN2O. The Morgan fingerprint density at radius 1 is 1.53 bits per heavy atom. The zero-order valence-corrected chi connectivity index (χ0v) is 11.5. The first-order valence-electron chi connectivity index (χ1n) is 6.61. The maximum Gasteiger partial charge on any atom is 0.224 e. The topological polar surface area (TPSA) is 41.1 Å². The quantitative estimate of drug-likeness (QED) is 0.891. The number of piperidine rings is 1. The van der Waals surface area contributed by atoms with Gasteiger partial charge < -0.3 is 10.6 Å². The van der Waals surface area contributed by atoms with Crippen LogP contribution in [0.1, 0.15) is 25.7 Å². The van der Waals surface area contributed by atoms with Crippen molar-refractivity contribution < 1.29 is 9.18 Å². The van der Waals surface area contributed by atoms with E-state index in [1.165, 1.54) is 25.0 Å². The molecule has 1 atom stereocenters. The van der Waals surface area contributed by atoms with Gasteiger partial charge in [-0.3, -0.25) is 4.79 Å². The molecule has 2 rings (SSSR count). The van der Waals surface area contributed by atoms with E-state index < -0.39 is 5.82 Å². The SMILES string of the molecule is O=C(CCC1CCCNC1)Nc1ccc(Cl)c(F)c1. The highest BCUT2D eigenvalue weighted by atomic mass is 35.5. The van der Waals surface area contributed by atoms with Crippen molar-refractivity contribution in [3.63, 3.8) is 0 Å². The van der Waals surface area contributed by atoms with Crippen molar-refractivity contribution >= 4 is 23.2 Å². The Hall–Kier alpha value is -1.13. The van der Waals surface area contributed by atoms with Gasteiger partial charge in [0, 0.05) is 12.1 Å². The number of amides is 1. The third-order valence-corrected chi connectivity index (χ3v) is 3.69. The number of benzene rings is 1. The van der Waals surface area contributed by atoms with Gasteiger partial charge in [-0.05, 0) is 56.5 Å². The minimum atomic E-state index is -0.518. The second kappa shape index (κ2) is 6.87. The molecule has 0 spiro atoms. The van der Waals surface area contributed by atoms with Crippen LogP contribution in [-0.4, -0.2) is 19.0 Å². The number of carbonyl (C=O) groups is 1. The lowest BCUT2D eigenvalue weighted by molar-refractivity contribution is -0.116. The molecule has 1 aliphatic heterocycles. The van der Waals surface area contributed by atoms with Gasteiger partial charge in [-0.1, -0.05) is 11.6 Å². The van der Waals surface area contributed by atoms with Gasteiger partial charge in [-0.25, -0.2) is 4.39 Å². The highest BCUT2D eigenvalue weighted by Crippen LogP contribution is 2.20. The average Bonchev–Trinajstić information content (AvgIpc) is 2.42. The van der Waals surface area contributed by atoms with Crippen LogP contribution in [0, 0.1) is 11.7 Å².